The van der Waals surface area contributed by atoms with Crippen LogP contribution in [0.1, 0.15) is 0 Å². The van der Waals surface area contributed by atoms with Gasteiger partial charge in [0.2, 0.25) is 0 Å². The molecule has 0 amide bonds. The van der Waals surface area contributed by atoms with E-state index in [9.17, 15) is 0 Å². The Morgan fingerprint density at radius 2 is 2.44 bits per heavy atom. The zero-order valence-electron chi connectivity index (χ0n) is 4.40. The Labute approximate surface area is 55.6 Å². The summed E-state index contributed by atoms with van der Waals surface area (Å²) in [6.45, 7) is 0. The second-order valence-corrected chi connectivity index (χ2v) is 2.38. The van der Waals surface area contributed by atoms with Crippen molar-refractivity contribution in [3.63, 3.8) is 0 Å². The molecule has 43 valence electrons. The molecule has 3 nitrogen and oxygen atoms in total. The van der Waals surface area contributed by atoms with Crippen molar-refractivity contribution in [3.05, 3.63) is 18.7 Å². The van der Waals surface area contributed by atoms with Gasteiger partial charge in [0.1, 0.15) is 5.52 Å². The molecule has 4 heteroatoms. The minimum Gasteiger partial charge on any atom is -0.232 e. The third-order valence-corrected chi connectivity index (χ3v) is 1.71. The maximum Gasteiger partial charge on any atom is 0.198 e. The highest BCUT2D eigenvalue weighted by Gasteiger charge is 1.92. The number of hydrogen-bond acceptors (Lipinski definition) is 4. The summed E-state index contributed by atoms with van der Waals surface area (Å²) in [5.74, 6) is 0. The fraction of sp³-hybridized carbons (Fsp3) is 0. The summed E-state index contributed by atoms with van der Waals surface area (Å²) in [6, 6.07) is 0. The zero-order chi connectivity index (χ0) is 6.10. The molecule has 0 atom stereocenters. The highest BCUT2D eigenvalue weighted by atomic mass is 32.1. The monoisotopic (exact) mass is 136 g/mol. The van der Waals surface area contributed by atoms with Crippen LogP contribution < -0.4 is 0 Å². The number of fused-ring (bicyclic) bond motifs is 1. The van der Waals surface area contributed by atoms with Crippen LogP contribution >= 0.6 is 11.5 Å². The number of hydrogen-bond donors (Lipinski definition) is 0. The van der Waals surface area contributed by atoms with Crippen LogP contribution in [0.2, 0.25) is 0 Å². The molecule has 1 radical (unpaired) electrons. The molecule has 0 fully saturated rings. The van der Waals surface area contributed by atoms with Crippen LogP contribution in [0.5, 0.6) is 0 Å². The summed E-state index contributed by atoms with van der Waals surface area (Å²) < 4.78 is 4.93. The molecule has 0 unspecified atom stereocenters. The van der Waals surface area contributed by atoms with Crippen molar-refractivity contribution in [3.8, 4) is 0 Å². The summed E-state index contributed by atoms with van der Waals surface area (Å²) in [7, 11) is 0. The first-order valence-electron chi connectivity index (χ1n) is 2.40. The third-order valence-electron chi connectivity index (χ3n) is 0.988. The molecule has 0 aliphatic rings. The first-order chi connectivity index (χ1) is 4.47. The molecular weight excluding hydrogens is 134 g/mol. The lowest BCUT2D eigenvalue weighted by molar-refractivity contribution is 1.21. The average Bonchev–Trinajstić information content (AvgIpc) is 2.33. The Hall–Kier alpha value is -1.03. The van der Waals surface area contributed by atoms with Crippen molar-refractivity contribution in [2.45, 2.75) is 0 Å². The first-order valence-corrected chi connectivity index (χ1v) is 3.17. The van der Waals surface area contributed by atoms with E-state index in [1.165, 1.54) is 11.5 Å². The standard InChI is InChI=1S/C5H2N3S/c1-4-5(9-8-1)2-6-3-7-4/h1-2H. The molecule has 0 aliphatic carbocycles. The van der Waals surface area contributed by atoms with Gasteiger partial charge in [-0.2, -0.15) is 4.37 Å². The van der Waals surface area contributed by atoms with E-state index >= 15 is 0 Å². The van der Waals surface area contributed by atoms with Gasteiger partial charge in [-0.1, -0.05) is 0 Å². The first kappa shape index (κ1) is 4.81. The van der Waals surface area contributed by atoms with E-state index in [-0.39, 0.29) is 0 Å². The van der Waals surface area contributed by atoms with E-state index in [0.717, 1.165) is 10.2 Å². The van der Waals surface area contributed by atoms with Gasteiger partial charge in [-0.15, -0.1) is 0 Å². The number of rotatable bonds is 0. The van der Waals surface area contributed by atoms with Gasteiger partial charge in [0.25, 0.3) is 0 Å². The van der Waals surface area contributed by atoms with E-state index in [2.05, 4.69) is 20.7 Å². The van der Waals surface area contributed by atoms with Gasteiger partial charge in [-0.05, 0) is 11.5 Å². The molecular formula is C5H2N3S. The zero-order valence-corrected chi connectivity index (χ0v) is 5.22. The van der Waals surface area contributed by atoms with Crippen molar-refractivity contribution in [2.24, 2.45) is 0 Å². The van der Waals surface area contributed by atoms with Crippen LogP contribution in [0.25, 0.3) is 10.2 Å². The molecule has 0 saturated carbocycles. The predicted molar refractivity (Wildman–Crippen MR) is 34.0 cm³/mol. The largest absolute Gasteiger partial charge is 0.232 e. The molecule has 2 rings (SSSR count). The summed E-state index contributed by atoms with van der Waals surface area (Å²) in [5.41, 5.74) is 0.870. The SMILES string of the molecule is [c]1ncc2sncc2n1. The lowest BCUT2D eigenvalue weighted by Crippen LogP contribution is -1.73. The van der Waals surface area contributed by atoms with E-state index in [0.29, 0.717) is 0 Å². The summed E-state index contributed by atoms with van der Waals surface area (Å²) in [4.78, 5) is 7.57. The average molecular weight is 136 g/mol. The summed E-state index contributed by atoms with van der Waals surface area (Å²) in [6.07, 6.45) is 5.90. The van der Waals surface area contributed by atoms with Gasteiger partial charge in [-0.25, -0.2) is 9.97 Å². The second kappa shape index (κ2) is 1.73. The van der Waals surface area contributed by atoms with Crippen LogP contribution in [-0.4, -0.2) is 14.3 Å². The summed E-state index contributed by atoms with van der Waals surface area (Å²) >= 11 is 1.39. The second-order valence-electron chi connectivity index (χ2n) is 1.55. The van der Waals surface area contributed by atoms with Crippen LogP contribution in [0.15, 0.2) is 12.4 Å². The summed E-state index contributed by atoms with van der Waals surface area (Å²) in [5, 5.41) is 0. The Morgan fingerprint density at radius 1 is 1.44 bits per heavy atom. The van der Waals surface area contributed by atoms with Gasteiger partial charge in [0.05, 0.1) is 17.1 Å². The molecule has 0 N–H and O–H groups in total. The minimum atomic E-state index is 0.870. The van der Waals surface area contributed by atoms with Crippen LogP contribution in [0.4, 0.5) is 0 Å². The van der Waals surface area contributed by atoms with Gasteiger partial charge >= 0.3 is 0 Å². The molecule has 0 aliphatic heterocycles. The topological polar surface area (TPSA) is 38.7 Å². The Kier molecular flexibility index (Phi) is 0.927. The molecule has 0 spiro atoms. The van der Waals surface area contributed by atoms with Crippen molar-refractivity contribution in [1.29, 1.82) is 0 Å². The van der Waals surface area contributed by atoms with E-state index in [1.807, 2.05) is 0 Å². The normalized spacial score (nSPS) is 10.2. The van der Waals surface area contributed by atoms with Gasteiger partial charge in [0, 0.05) is 0 Å². The fourth-order valence-corrected chi connectivity index (χ4v) is 1.15. The maximum absolute atomic E-state index is 3.92. The molecule has 0 aromatic carbocycles. The van der Waals surface area contributed by atoms with Crippen LogP contribution in [0, 0.1) is 6.33 Å². The van der Waals surface area contributed by atoms with Crippen LogP contribution in [-0.2, 0) is 0 Å². The van der Waals surface area contributed by atoms with Crippen LogP contribution in [0.3, 0.4) is 0 Å². The smallest absolute Gasteiger partial charge is 0.198 e. The Balaban J connectivity index is 2.95. The lowest BCUT2D eigenvalue weighted by Gasteiger charge is -1.78. The molecule has 9 heavy (non-hydrogen) atoms. The molecule has 0 bridgehead atoms. The Bertz CT molecular complexity index is 286. The van der Waals surface area contributed by atoms with Gasteiger partial charge < -0.3 is 0 Å². The number of aromatic nitrogens is 3. The molecule has 2 heterocycles. The molecule has 2 aromatic rings. The predicted octanol–water partition coefficient (Wildman–Crippen LogP) is 0.886. The lowest BCUT2D eigenvalue weighted by atomic mass is 10.5. The maximum atomic E-state index is 3.92. The van der Waals surface area contributed by atoms with E-state index in [4.69, 9.17) is 0 Å². The van der Waals surface area contributed by atoms with Gasteiger partial charge in [0.15, 0.2) is 6.33 Å². The van der Waals surface area contributed by atoms with Crippen molar-refractivity contribution >= 4 is 21.7 Å². The van der Waals surface area contributed by atoms with Crippen molar-refractivity contribution in [2.75, 3.05) is 0 Å². The van der Waals surface area contributed by atoms with Gasteiger partial charge in [-0.3, -0.25) is 0 Å². The highest BCUT2D eigenvalue weighted by Crippen LogP contribution is 2.11. The van der Waals surface area contributed by atoms with Crippen molar-refractivity contribution < 1.29 is 0 Å². The highest BCUT2D eigenvalue weighted by molar-refractivity contribution is 7.13. The van der Waals surface area contributed by atoms with Crippen molar-refractivity contribution in [1.82, 2.24) is 14.3 Å². The third kappa shape index (κ3) is 0.675. The minimum absolute atomic E-state index is 0.870. The Morgan fingerprint density at radius 3 is 3.33 bits per heavy atom. The van der Waals surface area contributed by atoms with E-state index < -0.39 is 0 Å². The number of nitrogens with zero attached hydrogens (tertiary/aromatic N) is 3. The molecule has 2 aromatic heterocycles. The molecule has 0 saturated heterocycles. The quantitative estimate of drug-likeness (QED) is 0.539. The van der Waals surface area contributed by atoms with E-state index in [1.54, 1.807) is 12.4 Å². The fourth-order valence-electron chi connectivity index (χ4n) is 0.587.